The van der Waals surface area contributed by atoms with Gasteiger partial charge >= 0.3 is 23.9 Å². The maximum absolute atomic E-state index is 12.0. The third-order valence-corrected chi connectivity index (χ3v) is 13.3. The van der Waals surface area contributed by atoms with Crippen LogP contribution >= 0.6 is 0 Å². The third kappa shape index (κ3) is 11.2. The zero-order valence-corrected chi connectivity index (χ0v) is 38.4. The summed E-state index contributed by atoms with van der Waals surface area (Å²) in [5, 5.41) is 18.5. The Morgan fingerprint density at radius 1 is 0.426 bits per heavy atom. The average Bonchev–Trinajstić information content (AvgIpc) is 3.38. The van der Waals surface area contributed by atoms with E-state index in [1.54, 1.807) is 12.1 Å². The molecule has 0 radical (unpaired) electrons. The number of likely N-dealkylation sites (N-methyl/N-ethyl adjacent to an activating group) is 2. The van der Waals surface area contributed by atoms with Crippen molar-refractivity contribution in [3.05, 3.63) is 214 Å². The summed E-state index contributed by atoms with van der Waals surface area (Å²) in [6.45, 7) is 9.33. The van der Waals surface area contributed by atoms with Gasteiger partial charge in [0.05, 0.1) is 11.1 Å². The standard InChI is InChI=1S/2C19H22N2.C18H14O8/c2*1-20-11-12-21-13-18(15-7-3-2-4-8-15)16-9-5-6-10-17(16)19(21)14-20;19-15(20)13(25-17(23)11-7-3-1-4-8-11)14(16(21)22)26-18(24)12-9-5-2-6-10-12/h2*2-10,18-19H,11-14H2,1H3;1-10,13-14H,(H,19,20)(H,21,22)/t18-,19-;;13-,14-/m1.1/s1. The van der Waals surface area contributed by atoms with Crippen LogP contribution in [0.15, 0.2) is 170 Å². The highest BCUT2D eigenvalue weighted by molar-refractivity contribution is 5.95. The number of nitrogens with zero attached hydrogens (tertiary/aromatic N) is 4. The molecule has 68 heavy (non-hydrogen) atoms. The fraction of sp³-hybridized carbons (Fsp3) is 0.286. The molecule has 0 aromatic heterocycles. The van der Waals surface area contributed by atoms with E-state index in [2.05, 4.69) is 143 Å². The van der Waals surface area contributed by atoms with Crippen molar-refractivity contribution in [2.24, 2.45) is 0 Å². The fourth-order valence-corrected chi connectivity index (χ4v) is 9.81. The first-order valence-electron chi connectivity index (χ1n) is 23.2. The summed E-state index contributed by atoms with van der Waals surface area (Å²) in [5.74, 6) is -4.60. The Morgan fingerprint density at radius 2 is 0.735 bits per heavy atom. The zero-order chi connectivity index (χ0) is 47.6. The maximum Gasteiger partial charge on any atom is 0.349 e. The number of carbonyl (C=O) groups excluding carboxylic acids is 2. The number of fused-ring (bicyclic) bond motifs is 6. The molecule has 4 aliphatic rings. The molecule has 12 heteroatoms. The predicted molar refractivity (Wildman–Crippen MR) is 260 cm³/mol. The molecule has 0 bridgehead atoms. The van der Waals surface area contributed by atoms with E-state index in [1.165, 1.54) is 108 Å². The number of carboxylic acid groups (broad SMARTS) is 2. The Balaban J connectivity index is 0.000000139. The summed E-state index contributed by atoms with van der Waals surface area (Å²) in [6, 6.07) is 56.0. The van der Waals surface area contributed by atoms with Crippen molar-refractivity contribution < 1.29 is 38.9 Å². The molecule has 0 amide bonds. The molecule has 0 aliphatic carbocycles. The van der Waals surface area contributed by atoms with Crippen LogP contribution in [0.3, 0.4) is 0 Å². The van der Waals surface area contributed by atoms with Crippen LogP contribution in [0.1, 0.15) is 78.0 Å². The molecular formula is C56H58N4O8. The lowest BCUT2D eigenvalue weighted by Crippen LogP contribution is -2.50. The molecule has 12 nitrogen and oxygen atoms in total. The molecule has 6 aromatic carbocycles. The molecule has 4 aliphatic heterocycles. The monoisotopic (exact) mass is 914 g/mol. The molecule has 350 valence electrons. The summed E-state index contributed by atoms with van der Waals surface area (Å²) in [4.78, 5) is 57.1. The van der Waals surface area contributed by atoms with Crippen molar-refractivity contribution in [3.63, 3.8) is 0 Å². The minimum Gasteiger partial charge on any atom is -0.478 e. The molecule has 2 saturated heterocycles. The van der Waals surface area contributed by atoms with E-state index in [0.29, 0.717) is 23.9 Å². The summed E-state index contributed by atoms with van der Waals surface area (Å²) in [6.07, 6.45) is -4.43. The number of carbonyl (C=O) groups is 4. The highest BCUT2D eigenvalue weighted by atomic mass is 16.6. The van der Waals surface area contributed by atoms with Gasteiger partial charge in [-0.15, -0.1) is 0 Å². The summed E-state index contributed by atoms with van der Waals surface area (Å²) in [5.41, 5.74) is 9.06. The number of benzene rings is 6. The quantitative estimate of drug-likeness (QED) is 0.137. The van der Waals surface area contributed by atoms with Crippen molar-refractivity contribution in [1.82, 2.24) is 19.6 Å². The number of piperazine rings is 2. The summed E-state index contributed by atoms with van der Waals surface area (Å²) in [7, 11) is 4.48. The topological polar surface area (TPSA) is 140 Å². The Labute approximate surface area is 398 Å². The van der Waals surface area contributed by atoms with Gasteiger partial charge in [-0.2, -0.15) is 0 Å². The van der Waals surface area contributed by atoms with E-state index >= 15 is 0 Å². The van der Waals surface area contributed by atoms with E-state index in [0.717, 1.165) is 26.2 Å². The van der Waals surface area contributed by atoms with Crippen molar-refractivity contribution in [1.29, 1.82) is 0 Å². The minimum absolute atomic E-state index is 0.0253. The van der Waals surface area contributed by atoms with Crippen LogP contribution in [0.5, 0.6) is 0 Å². The number of hydrogen-bond acceptors (Lipinski definition) is 10. The van der Waals surface area contributed by atoms with Crippen LogP contribution in [0, 0.1) is 0 Å². The first-order valence-corrected chi connectivity index (χ1v) is 23.2. The van der Waals surface area contributed by atoms with E-state index in [-0.39, 0.29) is 11.1 Å². The number of aliphatic carboxylic acids is 2. The van der Waals surface area contributed by atoms with Crippen molar-refractivity contribution >= 4 is 23.9 Å². The molecule has 0 saturated carbocycles. The lowest BCUT2D eigenvalue weighted by Gasteiger charge is -2.46. The normalized spacial score (nSPS) is 20.9. The number of esters is 2. The van der Waals surface area contributed by atoms with Crippen LogP contribution in [0.2, 0.25) is 0 Å². The molecule has 6 atom stereocenters. The number of carboxylic acids is 2. The van der Waals surface area contributed by atoms with Gasteiger partial charge in [-0.05, 0) is 71.7 Å². The first-order chi connectivity index (χ1) is 33.0. The second-order valence-electron chi connectivity index (χ2n) is 17.8. The van der Waals surface area contributed by atoms with Crippen molar-refractivity contribution in [2.75, 3.05) is 66.5 Å². The van der Waals surface area contributed by atoms with Crippen LogP contribution in [-0.4, -0.2) is 132 Å². The Kier molecular flexibility index (Phi) is 15.5. The Bertz CT molecular complexity index is 2450. The molecular weight excluding hydrogens is 857 g/mol. The molecule has 2 N–H and O–H groups in total. The van der Waals surface area contributed by atoms with Gasteiger partial charge in [0, 0.05) is 76.3 Å². The van der Waals surface area contributed by atoms with Crippen LogP contribution in [0.25, 0.3) is 0 Å². The molecule has 2 unspecified atom stereocenters. The molecule has 4 heterocycles. The van der Waals surface area contributed by atoms with Gasteiger partial charge in [-0.25, -0.2) is 19.2 Å². The second kappa shape index (κ2) is 22.2. The van der Waals surface area contributed by atoms with Crippen molar-refractivity contribution in [2.45, 2.75) is 36.1 Å². The van der Waals surface area contributed by atoms with E-state index < -0.39 is 36.1 Å². The van der Waals surface area contributed by atoms with Crippen LogP contribution in [0.4, 0.5) is 0 Å². The smallest absolute Gasteiger partial charge is 0.349 e. The summed E-state index contributed by atoms with van der Waals surface area (Å²) < 4.78 is 9.52. The predicted octanol–water partition coefficient (Wildman–Crippen LogP) is 7.85. The van der Waals surface area contributed by atoms with Gasteiger partial charge in [-0.3, -0.25) is 9.80 Å². The molecule has 0 spiro atoms. The molecule has 2 fully saturated rings. The Hall–Kier alpha value is -6.96. The largest absolute Gasteiger partial charge is 0.478 e. The van der Waals surface area contributed by atoms with Gasteiger partial charge in [0.2, 0.25) is 12.2 Å². The van der Waals surface area contributed by atoms with E-state index in [1.807, 2.05) is 0 Å². The second-order valence-corrected chi connectivity index (χ2v) is 17.8. The zero-order valence-electron chi connectivity index (χ0n) is 38.4. The highest BCUT2D eigenvalue weighted by Gasteiger charge is 2.41. The average molecular weight is 915 g/mol. The lowest BCUT2D eigenvalue weighted by atomic mass is 9.80. The SMILES string of the molecule is CN1CCN2CC(c3ccccc3)c3ccccc3C2C1.CN1CCN2C[C@H](c3ccccc3)c3ccccc3[C@H]2C1.O=C(O[C@@H](C(=O)O)[C@@H](OC(=O)c1ccccc1)C(=O)O)c1ccccc1. The van der Waals surface area contributed by atoms with Gasteiger partial charge in [0.15, 0.2) is 0 Å². The van der Waals surface area contributed by atoms with E-state index in [9.17, 15) is 29.4 Å². The summed E-state index contributed by atoms with van der Waals surface area (Å²) >= 11 is 0. The molecule has 6 aromatic rings. The maximum atomic E-state index is 12.0. The van der Waals surface area contributed by atoms with Gasteiger partial charge in [0.1, 0.15) is 0 Å². The Morgan fingerprint density at radius 3 is 1.07 bits per heavy atom. The van der Waals surface area contributed by atoms with Crippen molar-refractivity contribution in [3.8, 4) is 0 Å². The third-order valence-electron chi connectivity index (χ3n) is 13.3. The fourth-order valence-electron chi connectivity index (χ4n) is 9.81. The van der Waals surface area contributed by atoms with Gasteiger partial charge < -0.3 is 29.5 Å². The first kappa shape index (κ1) is 47.5. The minimum atomic E-state index is -2.21. The number of ether oxygens (including phenoxy) is 2. The molecule has 10 rings (SSSR count). The van der Waals surface area contributed by atoms with Gasteiger partial charge in [-0.1, -0.05) is 146 Å². The van der Waals surface area contributed by atoms with Gasteiger partial charge in [0.25, 0.3) is 0 Å². The number of rotatable bonds is 9. The highest BCUT2D eigenvalue weighted by Crippen LogP contribution is 2.42. The van der Waals surface area contributed by atoms with Crippen LogP contribution in [-0.2, 0) is 19.1 Å². The van der Waals surface area contributed by atoms with Crippen LogP contribution < -0.4 is 0 Å². The van der Waals surface area contributed by atoms with E-state index in [4.69, 9.17) is 9.47 Å². The lowest BCUT2D eigenvalue weighted by molar-refractivity contribution is -0.166. The number of hydrogen-bond donors (Lipinski definition) is 2.